The van der Waals surface area contributed by atoms with Gasteiger partial charge in [0.1, 0.15) is 10.0 Å². The first-order valence-corrected chi connectivity index (χ1v) is 8.36. The first kappa shape index (κ1) is 16.6. The normalized spacial score (nSPS) is 11.5. The Bertz CT molecular complexity index is 811. The second kappa shape index (κ2) is 6.14. The molecule has 0 saturated heterocycles. The number of hydrogen-bond acceptors (Lipinski definition) is 4. The Hall–Kier alpha value is -0.790. The summed E-state index contributed by atoms with van der Waals surface area (Å²) in [5.41, 5.74) is 0.436. The van der Waals surface area contributed by atoms with Gasteiger partial charge in [-0.3, -0.25) is 4.72 Å². The number of nitrogens with zero attached hydrogens (tertiary/aromatic N) is 2. The molecule has 0 aliphatic heterocycles. The van der Waals surface area contributed by atoms with Crippen molar-refractivity contribution in [1.29, 1.82) is 0 Å². The van der Waals surface area contributed by atoms with Crippen molar-refractivity contribution >= 4 is 62.2 Å². The summed E-state index contributed by atoms with van der Waals surface area (Å²) in [6, 6.07) is 2.58. The summed E-state index contributed by atoms with van der Waals surface area (Å²) < 4.78 is 26.7. The topological polar surface area (TPSA) is 72.0 Å². The fourth-order valence-corrected chi connectivity index (χ4v) is 3.16. The minimum absolute atomic E-state index is 0.00844. The van der Waals surface area contributed by atoms with Crippen LogP contribution in [0.1, 0.15) is 5.69 Å². The van der Waals surface area contributed by atoms with Gasteiger partial charge in [-0.15, -0.1) is 0 Å². The highest BCUT2D eigenvalue weighted by molar-refractivity contribution is 7.92. The Morgan fingerprint density at radius 1 is 1.05 bits per heavy atom. The van der Waals surface area contributed by atoms with Gasteiger partial charge in [0.15, 0.2) is 5.82 Å². The maximum atomic E-state index is 12.2. The third kappa shape index (κ3) is 3.70. The van der Waals surface area contributed by atoms with Crippen LogP contribution in [0.2, 0.25) is 20.2 Å². The number of nitrogens with one attached hydrogen (secondary N) is 1. The van der Waals surface area contributed by atoms with Crippen molar-refractivity contribution in [2.75, 3.05) is 4.72 Å². The summed E-state index contributed by atoms with van der Waals surface area (Å²) in [4.78, 5) is 7.51. The van der Waals surface area contributed by atoms with Crippen LogP contribution in [0.25, 0.3) is 0 Å². The molecule has 0 aromatic carbocycles. The lowest BCUT2D eigenvalue weighted by molar-refractivity contribution is 0.600. The molecule has 2 heterocycles. The number of anilines is 1. The third-order valence-electron chi connectivity index (χ3n) is 2.42. The van der Waals surface area contributed by atoms with Crippen LogP contribution < -0.4 is 4.72 Å². The van der Waals surface area contributed by atoms with Gasteiger partial charge < -0.3 is 0 Å². The van der Waals surface area contributed by atoms with Gasteiger partial charge in [-0.1, -0.05) is 46.4 Å². The van der Waals surface area contributed by atoms with E-state index in [0.717, 1.165) is 6.20 Å². The molecule has 112 valence electrons. The molecule has 2 rings (SSSR count). The summed E-state index contributed by atoms with van der Waals surface area (Å²) in [5.74, 6) is -0.0374. The number of rotatable bonds is 3. The number of sulfonamides is 1. The van der Waals surface area contributed by atoms with E-state index >= 15 is 0 Å². The van der Waals surface area contributed by atoms with Crippen molar-refractivity contribution in [3.05, 3.63) is 44.2 Å². The highest BCUT2D eigenvalue weighted by Crippen LogP contribution is 2.28. The van der Waals surface area contributed by atoms with Crippen molar-refractivity contribution < 1.29 is 8.42 Å². The van der Waals surface area contributed by atoms with Gasteiger partial charge in [0, 0.05) is 6.20 Å². The molecule has 1 N–H and O–H groups in total. The molecule has 2 aromatic rings. The summed E-state index contributed by atoms with van der Waals surface area (Å²) in [6.07, 6.45) is 1.08. The minimum atomic E-state index is -3.95. The van der Waals surface area contributed by atoms with Gasteiger partial charge in [-0.25, -0.2) is 18.4 Å². The molecule has 0 aliphatic carbocycles. The quantitative estimate of drug-likeness (QED) is 0.802. The fourth-order valence-electron chi connectivity index (χ4n) is 1.37. The molecule has 0 amide bonds. The number of halogens is 4. The SMILES string of the molecule is Cc1nc(NS(=O)(=O)c2cnc(Cl)c(Cl)c2)c(Cl)cc1Cl. The predicted molar refractivity (Wildman–Crippen MR) is 84.1 cm³/mol. The van der Waals surface area contributed by atoms with E-state index in [4.69, 9.17) is 46.4 Å². The second-order valence-electron chi connectivity index (χ2n) is 3.94. The standard InChI is InChI=1S/C11H7Cl4N3O2S/c1-5-7(12)3-9(14)11(17-5)18-21(19,20)6-2-8(13)10(15)16-4-6/h2-4H,1H3,(H,17,18). The molecular formula is C11H7Cl4N3O2S. The highest BCUT2D eigenvalue weighted by atomic mass is 35.5. The van der Waals surface area contributed by atoms with Gasteiger partial charge in [-0.05, 0) is 19.1 Å². The molecule has 0 spiro atoms. The van der Waals surface area contributed by atoms with E-state index in [-0.39, 0.29) is 25.9 Å². The van der Waals surface area contributed by atoms with Crippen LogP contribution >= 0.6 is 46.4 Å². The zero-order valence-corrected chi connectivity index (χ0v) is 14.2. The van der Waals surface area contributed by atoms with Crippen LogP contribution in [0.5, 0.6) is 0 Å². The average Bonchev–Trinajstić information content (AvgIpc) is 2.39. The zero-order chi connectivity index (χ0) is 15.8. The smallest absolute Gasteiger partial charge is 0.262 e. The number of hydrogen-bond donors (Lipinski definition) is 1. The van der Waals surface area contributed by atoms with E-state index in [9.17, 15) is 8.42 Å². The van der Waals surface area contributed by atoms with Crippen molar-refractivity contribution in [2.45, 2.75) is 11.8 Å². The summed E-state index contributed by atoms with van der Waals surface area (Å²) in [5, 5.41) is 0.432. The van der Waals surface area contributed by atoms with E-state index in [1.165, 1.54) is 12.1 Å². The van der Waals surface area contributed by atoms with Crippen molar-refractivity contribution in [3.8, 4) is 0 Å². The molecule has 10 heteroatoms. The van der Waals surface area contributed by atoms with Crippen molar-refractivity contribution in [3.63, 3.8) is 0 Å². The lowest BCUT2D eigenvalue weighted by Gasteiger charge is -2.10. The molecule has 2 aromatic heterocycles. The molecule has 0 saturated carbocycles. The minimum Gasteiger partial charge on any atom is -0.262 e. The summed E-state index contributed by atoms with van der Waals surface area (Å²) >= 11 is 23.2. The Balaban J connectivity index is 2.42. The van der Waals surface area contributed by atoms with Crippen LogP contribution in [0.3, 0.4) is 0 Å². The Morgan fingerprint density at radius 3 is 2.33 bits per heavy atom. The molecule has 0 aliphatic rings. The van der Waals surface area contributed by atoms with Gasteiger partial charge in [0.2, 0.25) is 0 Å². The van der Waals surface area contributed by atoms with Crippen molar-refractivity contribution in [1.82, 2.24) is 9.97 Å². The Kier molecular flexibility index (Phi) is 4.85. The Labute approximate surface area is 141 Å². The highest BCUT2D eigenvalue weighted by Gasteiger charge is 2.19. The van der Waals surface area contributed by atoms with E-state index in [0.29, 0.717) is 10.7 Å². The maximum absolute atomic E-state index is 12.2. The van der Waals surface area contributed by atoms with Crippen LogP contribution in [-0.2, 0) is 10.0 Å². The van der Waals surface area contributed by atoms with Crippen LogP contribution in [0, 0.1) is 6.92 Å². The molecule has 0 bridgehead atoms. The van der Waals surface area contributed by atoms with E-state index in [2.05, 4.69) is 14.7 Å². The van der Waals surface area contributed by atoms with Gasteiger partial charge in [-0.2, -0.15) is 0 Å². The molecule has 21 heavy (non-hydrogen) atoms. The first-order valence-electron chi connectivity index (χ1n) is 5.37. The maximum Gasteiger partial charge on any atom is 0.264 e. The fraction of sp³-hybridized carbons (Fsp3) is 0.0909. The molecule has 0 unspecified atom stereocenters. The monoisotopic (exact) mass is 385 g/mol. The van der Waals surface area contributed by atoms with Gasteiger partial charge in [0.25, 0.3) is 10.0 Å². The zero-order valence-electron chi connectivity index (χ0n) is 10.4. The number of pyridine rings is 2. The van der Waals surface area contributed by atoms with Crippen LogP contribution in [0.4, 0.5) is 5.82 Å². The predicted octanol–water partition coefficient (Wildman–Crippen LogP) is 4.20. The summed E-state index contributed by atoms with van der Waals surface area (Å²) in [6.45, 7) is 1.62. The van der Waals surface area contributed by atoms with E-state index in [1.54, 1.807) is 6.92 Å². The molecule has 0 fully saturated rings. The first-order chi connectivity index (χ1) is 9.70. The van der Waals surface area contributed by atoms with E-state index in [1.807, 2.05) is 0 Å². The molecule has 0 radical (unpaired) electrons. The molecular weight excluding hydrogens is 380 g/mol. The third-order valence-corrected chi connectivity index (χ3v) is 5.08. The van der Waals surface area contributed by atoms with Crippen LogP contribution in [-0.4, -0.2) is 18.4 Å². The lowest BCUT2D eigenvalue weighted by atomic mass is 10.4. The number of aryl methyl sites for hydroxylation is 1. The second-order valence-corrected chi connectivity index (χ2v) is 7.20. The summed E-state index contributed by atoms with van der Waals surface area (Å²) in [7, 11) is -3.95. The lowest BCUT2D eigenvalue weighted by Crippen LogP contribution is -2.15. The Morgan fingerprint density at radius 2 is 1.71 bits per heavy atom. The van der Waals surface area contributed by atoms with E-state index < -0.39 is 10.0 Å². The van der Waals surface area contributed by atoms with Crippen molar-refractivity contribution in [2.24, 2.45) is 0 Å². The average molecular weight is 387 g/mol. The van der Waals surface area contributed by atoms with Gasteiger partial charge >= 0.3 is 0 Å². The largest absolute Gasteiger partial charge is 0.264 e. The molecule has 0 atom stereocenters. The van der Waals surface area contributed by atoms with Crippen LogP contribution in [0.15, 0.2) is 23.2 Å². The molecule has 5 nitrogen and oxygen atoms in total. The number of aromatic nitrogens is 2. The van der Waals surface area contributed by atoms with Gasteiger partial charge in [0.05, 0.1) is 20.8 Å².